The number of thiophene rings is 1. The third-order valence-corrected chi connectivity index (χ3v) is 3.67. The fourth-order valence-corrected chi connectivity index (χ4v) is 2.56. The average molecular weight is 250 g/mol. The fraction of sp³-hybridized carbons (Fsp3) is 0.417. The zero-order valence-corrected chi connectivity index (χ0v) is 10.8. The molecule has 0 bridgehead atoms. The van der Waals surface area contributed by atoms with Gasteiger partial charge < -0.3 is 4.57 Å². The standard InChI is InChI=1S/C12H18N4S/c1-16-6-5-14-12(16)3-2-11(15-13)8-10-4-7-17-9-10/h4-7,9,11,15H,2-3,8,13H2,1H3. The van der Waals surface area contributed by atoms with E-state index in [1.807, 2.05) is 19.4 Å². The number of aromatic nitrogens is 2. The van der Waals surface area contributed by atoms with Crippen molar-refractivity contribution in [3.05, 3.63) is 40.6 Å². The molecule has 0 aliphatic rings. The molecule has 0 spiro atoms. The summed E-state index contributed by atoms with van der Waals surface area (Å²) in [7, 11) is 2.02. The number of nitrogens with two attached hydrogens (primary N) is 1. The maximum atomic E-state index is 5.59. The average Bonchev–Trinajstić information content (AvgIpc) is 2.96. The smallest absolute Gasteiger partial charge is 0.108 e. The van der Waals surface area contributed by atoms with Gasteiger partial charge in [-0.05, 0) is 35.2 Å². The van der Waals surface area contributed by atoms with E-state index in [9.17, 15) is 0 Å². The highest BCUT2D eigenvalue weighted by Gasteiger charge is 2.09. The van der Waals surface area contributed by atoms with Crippen LogP contribution in [-0.2, 0) is 19.9 Å². The van der Waals surface area contributed by atoms with Gasteiger partial charge in [0.15, 0.2) is 0 Å². The molecule has 92 valence electrons. The summed E-state index contributed by atoms with van der Waals surface area (Å²) in [6, 6.07) is 2.46. The molecule has 0 amide bonds. The molecule has 2 rings (SSSR count). The van der Waals surface area contributed by atoms with E-state index in [2.05, 4.69) is 31.8 Å². The zero-order chi connectivity index (χ0) is 12.1. The van der Waals surface area contributed by atoms with E-state index >= 15 is 0 Å². The van der Waals surface area contributed by atoms with E-state index in [0.717, 1.165) is 25.1 Å². The van der Waals surface area contributed by atoms with Crippen molar-refractivity contribution in [3.63, 3.8) is 0 Å². The summed E-state index contributed by atoms with van der Waals surface area (Å²) in [6.07, 6.45) is 6.72. The number of hydrogen-bond donors (Lipinski definition) is 2. The van der Waals surface area contributed by atoms with Crippen LogP contribution in [0.25, 0.3) is 0 Å². The minimum absolute atomic E-state index is 0.307. The van der Waals surface area contributed by atoms with Crippen LogP contribution in [0.1, 0.15) is 17.8 Å². The molecule has 0 fully saturated rings. The molecule has 0 saturated heterocycles. The first-order valence-corrected chi connectivity index (χ1v) is 6.67. The summed E-state index contributed by atoms with van der Waals surface area (Å²) in [6.45, 7) is 0. The molecule has 0 aliphatic carbocycles. The molecule has 0 aliphatic heterocycles. The van der Waals surface area contributed by atoms with Gasteiger partial charge in [-0.3, -0.25) is 11.3 Å². The van der Waals surface area contributed by atoms with Crippen LogP contribution in [0.15, 0.2) is 29.2 Å². The third kappa shape index (κ3) is 3.39. The van der Waals surface area contributed by atoms with Crippen molar-refractivity contribution in [1.82, 2.24) is 15.0 Å². The van der Waals surface area contributed by atoms with Crippen molar-refractivity contribution in [1.29, 1.82) is 0 Å². The summed E-state index contributed by atoms with van der Waals surface area (Å²) in [5.41, 5.74) is 4.24. The number of nitrogens with zero attached hydrogens (tertiary/aromatic N) is 2. The van der Waals surface area contributed by atoms with E-state index in [1.165, 1.54) is 5.56 Å². The minimum atomic E-state index is 0.307. The summed E-state index contributed by atoms with van der Waals surface area (Å²) in [4.78, 5) is 4.32. The van der Waals surface area contributed by atoms with Crippen molar-refractivity contribution in [2.45, 2.75) is 25.3 Å². The second-order valence-corrected chi connectivity index (χ2v) is 4.97. The Morgan fingerprint density at radius 3 is 3.06 bits per heavy atom. The van der Waals surface area contributed by atoms with Crippen LogP contribution in [0.3, 0.4) is 0 Å². The zero-order valence-electron chi connectivity index (χ0n) is 9.97. The number of imidazole rings is 1. The lowest BCUT2D eigenvalue weighted by atomic mass is 10.0. The molecule has 2 aromatic heterocycles. The summed E-state index contributed by atoms with van der Waals surface area (Å²) >= 11 is 1.73. The van der Waals surface area contributed by atoms with Crippen molar-refractivity contribution >= 4 is 11.3 Å². The third-order valence-electron chi connectivity index (χ3n) is 2.94. The summed E-state index contributed by atoms with van der Waals surface area (Å²) in [5, 5.41) is 4.27. The van der Waals surface area contributed by atoms with Gasteiger partial charge in [0.25, 0.3) is 0 Å². The molecule has 1 atom stereocenters. The summed E-state index contributed by atoms with van der Waals surface area (Å²) in [5.74, 6) is 6.70. The normalized spacial score (nSPS) is 12.8. The van der Waals surface area contributed by atoms with Crippen LogP contribution in [0.5, 0.6) is 0 Å². The maximum absolute atomic E-state index is 5.59. The molecule has 1 unspecified atom stereocenters. The highest BCUT2D eigenvalue weighted by Crippen LogP contribution is 2.11. The number of nitrogens with one attached hydrogen (secondary N) is 1. The van der Waals surface area contributed by atoms with Crippen LogP contribution < -0.4 is 11.3 Å². The highest BCUT2D eigenvalue weighted by atomic mass is 32.1. The Balaban J connectivity index is 1.86. The largest absolute Gasteiger partial charge is 0.338 e. The monoisotopic (exact) mass is 250 g/mol. The Hall–Kier alpha value is -1.17. The minimum Gasteiger partial charge on any atom is -0.338 e. The highest BCUT2D eigenvalue weighted by molar-refractivity contribution is 7.07. The van der Waals surface area contributed by atoms with Gasteiger partial charge in [-0.15, -0.1) is 0 Å². The Bertz CT molecular complexity index is 435. The quantitative estimate of drug-likeness (QED) is 0.603. The molecule has 2 aromatic rings. The van der Waals surface area contributed by atoms with Gasteiger partial charge in [0.2, 0.25) is 0 Å². The lowest BCUT2D eigenvalue weighted by Crippen LogP contribution is -2.37. The molecule has 0 radical (unpaired) electrons. The molecular formula is C12H18N4S. The van der Waals surface area contributed by atoms with Crippen LogP contribution in [0.4, 0.5) is 0 Å². The van der Waals surface area contributed by atoms with Crippen LogP contribution >= 0.6 is 11.3 Å². The van der Waals surface area contributed by atoms with Crippen molar-refractivity contribution in [2.24, 2.45) is 12.9 Å². The van der Waals surface area contributed by atoms with Gasteiger partial charge in [0, 0.05) is 31.9 Å². The van der Waals surface area contributed by atoms with E-state index in [-0.39, 0.29) is 0 Å². The second-order valence-electron chi connectivity index (χ2n) is 4.19. The fourth-order valence-electron chi connectivity index (χ4n) is 1.88. The van der Waals surface area contributed by atoms with Gasteiger partial charge in [0.1, 0.15) is 5.82 Å². The number of hydrazine groups is 1. The predicted octanol–water partition coefficient (Wildman–Crippen LogP) is 1.49. The number of rotatable bonds is 6. The van der Waals surface area contributed by atoms with Crippen molar-refractivity contribution in [2.75, 3.05) is 0 Å². The van der Waals surface area contributed by atoms with Crippen LogP contribution in [0, 0.1) is 0 Å². The molecule has 5 heteroatoms. The Morgan fingerprint density at radius 1 is 1.59 bits per heavy atom. The lowest BCUT2D eigenvalue weighted by Gasteiger charge is -2.14. The van der Waals surface area contributed by atoms with Gasteiger partial charge in [-0.2, -0.15) is 11.3 Å². The maximum Gasteiger partial charge on any atom is 0.108 e. The van der Waals surface area contributed by atoms with Crippen LogP contribution in [0.2, 0.25) is 0 Å². The predicted molar refractivity (Wildman–Crippen MR) is 70.7 cm³/mol. The Morgan fingerprint density at radius 2 is 2.47 bits per heavy atom. The molecule has 0 aromatic carbocycles. The molecule has 3 N–H and O–H groups in total. The first-order valence-electron chi connectivity index (χ1n) is 5.73. The van der Waals surface area contributed by atoms with Crippen LogP contribution in [-0.4, -0.2) is 15.6 Å². The van der Waals surface area contributed by atoms with Gasteiger partial charge >= 0.3 is 0 Å². The molecular weight excluding hydrogens is 232 g/mol. The number of aryl methyl sites for hydroxylation is 2. The summed E-state index contributed by atoms with van der Waals surface area (Å²) < 4.78 is 2.05. The van der Waals surface area contributed by atoms with Gasteiger partial charge in [0.05, 0.1) is 0 Å². The van der Waals surface area contributed by atoms with Crippen molar-refractivity contribution in [3.8, 4) is 0 Å². The van der Waals surface area contributed by atoms with E-state index in [1.54, 1.807) is 11.3 Å². The SMILES string of the molecule is Cn1ccnc1CCC(Cc1ccsc1)NN. The molecule has 4 nitrogen and oxygen atoms in total. The Kier molecular flexibility index (Phi) is 4.30. The van der Waals surface area contributed by atoms with E-state index in [4.69, 9.17) is 5.84 Å². The van der Waals surface area contributed by atoms with E-state index < -0.39 is 0 Å². The van der Waals surface area contributed by atoms with Gasteiger partial charge in [-0.25, -0.2) is 4.98 Å². The molecule has 2 heterocycles. The first-order chi connectivity index (χ1) is 8.29. The molecule has 17 heavy (non-hydrogen) atoms. The lowest BCUT2D eigenvalue weighted by molar-refractivity contribution is 0.484. The molecule has 0 saturated carbocycles. The van der Waals surface area contributed by atoms with Gasteiger partial charge in [-0.1, -0.05) is 0 Å². The first kappa shape index (κ1) is 12.3. The Labute approximate surface area is 105 Å². The topological polar surface area (TPSA) is 55.9 Å². The van der Waals surface area contributed by atoms with E-state index in [0.29, 0.717) is 6.04 Å². The van der Waals surface area contributed by atoms with Crippen molar-refractivity contribution < 1.29 is 0 Å². The second kappa shape index (κ2) is 5.95. The number of hydrogen-bond acceptors (Lipinski definition) is 4.